The van der Waals surface area contributed by atoms with Crippen molar-refractivity contribution in [3.05, 3.63) is 35.9 Å². The quantitative estimate of drug-likeness (QED) is 0.589. The van der Waals surface area contributed by atoms with Crippen LogP contribution >= 0.6 is 0 Å². The highest BCUT2D eigenvalue weighted by Crippen LogP contribution is 2.29. The fraction of sp³-hybridized carbons (Fsp3) is 0.200. The predicted octanol–water partition coefficient (Wildman–Crippen LogP) is 1.89. The van der Waals surface area contributed by atoms with E-state index in [0.29, 0.717) is 28.6 Å². The molecule has 6 heteroatoms. The number of aromatic nitrogens is 1. The molecule has 0 aliphatic heterocycles. The van der Waals surface area contributed by atoms with Gasteiger partial charge in [-0.25, -0.2) is 4.98 Å². The van der Waals surface area contributed by atoms with Gasteiger partial charge in [-0.3, -0.25) is 5.41 Å². The third-order valence-electron chi connectivity index (χ3n) is 3.09. The van der Waals surface area contributed by atoms with Crippen molar-refractivity contribution in [2.45, 2.75) is 0 Å². The minimum atomic E-state index is 0.231. The third kappa shape index (κ3) is 3.05. The van der Waals surface area contributed by atoms with Crippen molar-refractivity contribution in [1.29, 1.82) is 5.41 Å². The number of ether oxygens (including phenoxy) is 2. The number of rotatable bonds is 4. The Labute approximate surface area is 123 Å². The van der Waals surface area contributed by atoms with Gasteiger partial charge in [0.2, 0.25) is 0 Å². The van der Waals surface area contributed by atoms with Gasteiger partial charge in [-0.1, -0.05) is 0 Å². The maximum atomic E-state index is 7.75. The summed E-state index contributed by atoms with van der Waals surface area (Å²) in [7, 11) is 4.86. The summed E-state index contributed by atoms with van der Waals surface area (Å²) in [6, 6.07) is 9.08. The molecule has 0 saturated heterocycles. The van der Waals surface area contributed by atoms with Gasteiger partial charge in [0, 0.05) is 18.7 Å². The molecule has 0 radical (unpaired) electrons. The second-order valence-electron chi connectivity index (χ2n) is 4.36. The summed E-state index contributed by atoms with van der Waals surface area (Å²) >= 11 is 0. The molecule has 0 fully saturated rings. The average Bonchev–Trinajstić information content (AvgIpc) is 2.53. The van der Waals surface area contributed by atoms with Crippen LogP contribution in [0, 0.1) is 5.41 Å². The zero-order chi connectivity index (χ0) is 15.4. The van der Waals surface area contributed by atoms with E-state index in [1.54, 1.807) is 33.4 Å². The van der Waals surface area contributed by atoms with Crippen LogP contribution in [0.25, 0.3) is 11.3 Å². The number of hydrogen-bond acceptors (Lipinski definition) is 5. The number of nitrogens with zero attached hydrogens (tertiary/aromatic N) is 1. The number of benzene rings is 1. The van der Waals surface area contributed by atoms with E-state index in [9.17, 15) is 0 Å². The summed E-state index contributed by atoms with van der Waals surface area (Å²) in [6.07, 6.45) is 0. The van der Waals surface area contributed by atoms with Crippen LogP contribution in [0.5, 0.6) is 11.5 Å². The molecule has 1 aromatic heterocycles. The molecule has 2 rings (SSSR count). The highest BCUT2D eigenvalue weighted by molar-refractivity contribution is 6.00. The lowest BCUT2D eigenvalue weighted by Crippen LogP contribution is -2.20. The highest BCUT2D eigenvalue weighted by atomic mass is 16.5. The minimum Gasteiger partial charge on any atom is -0.497 e. The molecule has 0 spiro atoms. The minimum absolute atomic E-state index is 0.231. The van der Waals surface area contributed by atoms with Gasteiger partial charge in [0.1, 0.15) is 23.2 Å². The lowest BCUT2D eigenvalue weighted by atomic mass is 10.1. The maximum Gasteiger partial charge on any atom is 0.135 e. The van der Waals surface area contributed by atoms with E-state index in [1.807, 2.05) is 18.2 Å². The van der Waals surface area contributed by atoms with E-state index in [-0.39, 0.29) is 5.84 Å². The number of hydrogen-bond donors (Lipinski definition) is 3. The van der Waals surface area contributed by atoms with E-state index < -0.39 is 0 Å². The number of amidine groups is 1. The van der Waals surface area contributed by atoms with Crippen LogP contribution in [0.15, 0.2) is 30.3 Å². The lowest BCUT2D eigenvalue weighted by Gasteiger charge is -2.10. The number of methoxy groups -OCH3 is 2. The fourth-order valence-corrected chi connectivity index (χ4v) is 1.94. The van der Waals surface area contributed by atoms with E-state index in [1.165, 1.54) is 0 Å². The fourth-order valence-electron chi connectivity index (χ4n) is 1.94. The van der Waals surface area contributed by atoms with Gasteiger partial charge in [0.25, 0.3) is 0 Å². The Balaban J connectivity index is 2.47. The zero-order valence-corrected chi connectivity index (χ0v) is 12.2. The molecule has 0 bridgehead atoms. The second kappa shape index (κ2) is 6.13. The van der Waals surface area contributed by atoms with Crippen LogP contribution in [-0.4, -0.2) is 32.1 Å². The predicted molar refractivity (Wildman–Crippen MR) is 83.1 cm³/mol. The lowest BCUT2D eigenvalue weighted by molar-refractivity contribution is 0.394. The molecule has 0 unspecified atom stereocenters. The molecule has 1 aromatic carbocycles. The molecule has 0 amide bonds. The molecule has 21 heavy (non-hydrogen) atoms. The molecule has 4 N–H and O–H groups in total. The summed E-state index contributed by atoms with van der Waals surface area (Å²) in [5.74, 6) is 1.89. The van der Waals surface area contributed by atoms with Gasteiger partial charge in [0.15, 0.2) is 0 Å². The normalized spacial score (nSPS) is 10.0. The smallest absolute Gasteiger partial charge is 0.135 e. The van der Waals surface area contributed by atoms with Crippen LogP contribution in [0.1, 0.15) is 5.56 Å². The van der Waals surface area contributed by atoms with Gasteiger partial charge in [0.05, 0.1) is 25.5 Å². The van der Waals surface area contributed by atoms with Gasteiger partial charge >= 0.3 is 0 Å². The summed E-state index contributed by atoms with van der Waals surface area (Å²) in [6.45, 7) is 0. The molecule has 0 saturated carbocycles. The van der Waals surface area contributed by atoms with E-state index >= 15 is 0 Å². The summed E-state index contributed by atoms with van der Waals surface area (Å²) < 4.78 is 10.5. The summed E-state index contributed by atoms with van der Waals surface area (Å²) in [5.41, 5.74) is 8.01. The molecular formula is C15H18N4O2. The molecule has 1 heterocycles. The van der Waals surface area contributed by atoms with Crippen molar-refractivity contribution in [2.24, 2.45) is 0 Å². The molecule has 0 atom stereocenters. The Hall–Kier alpha value is -2.76. The molecule has 2 aromatic rings. The van der Waals surface area contributed by atoms with E-state index in [2.05, 4.69) is 10.3 Å². The Bertz CT molecular complexity index is 648. The van der Waals surface area contributed by atoms with Crippen molar-refractivity contribution in [3.8, 4) is 22.8 Å². The Morgan fingerprint density at radius 1 is 1.14 bits per heavy atom. The third-order valence-corrected chi connectivity index (χ3v) is 3.09. The van der Waals surface area contributed by atoms with Gasteiger partial charge in [-0.05, 0) is 24.3 Å². The van der Waals surface area contributed by atoms with Crippen molar-refractivity contribution < 1.29 is 9.47 Å². The maximum absolute atomic E-state index is 7.75. The molecule has 0 aliphatic rings. The van der Waals surface area contributed by atoms with Crippen LogP contribution in [0.2, 0.25) is 0 Å². The highest BCUT2D eigenvalue weighted by Gasteiger charge is 2.10. The number of nitrogens with two attached hydrogens (primary N) is 1. The van der Waals surface area contributed by atoms with Crippen LogP contribution < -0.4 is 20.5 Å². The van der Waals surface area contributed by atoms with Crippen molar-refractivity contribution in [2.75, 3.05) is 27.0 Å². The monoisotopic (exact) mass is 286 g/mol. The first kappa shape index (κ1) is 14.6. The zero-order valence-electron chi connectivity index (χ0n) is 12.2. The average molecular weight is 286 g/mol. The Kier molecular flexibility index (Phi) is 4.27. The number of anilines is 1. The standard InChI is InChI=1S/C15H18N4O2/c1-18-14(16)12-4-5-13(19-15(12)17)9-6-10(20-2)8-11(7-9)21-3/h4-8H,1-3H3,(H2,16,18)(H2,17,19). The van der Waals surface area contributed by atoms with Gasteiger partial charge in [-0.15, -0.1) is 0 Å². The Morgan fingerprint density at radius 2 is 1.76 bits per heavy atom. The molecule has 0 aliphatic carbocycles. The van der Waals surface area contributed by atoms with E-state index in [4.69, 9.17) is 20.6 Å². The van der Waals surface area contributed by atoms with Crippen LogP contribution in [0.3, 0.4) is 0 Å². The largest absolute Gasteiger partial charge is 0.497 e. The van der Waals surface area contributed by atoms with Gasteiger partial charge in [-0.2, -0.15) is 0 Å². The van der Waals surface area contributed by atoms with Crippen LogP contribution in [-0.2, 0) is 0 Å². The first-order chi connectivity index (χ1) is 10.1. The topological polar surface area (TPSA) is 93.2 Å². The number of pyridine rings is 1. The van der Waals surface area contributed by atoms with Crippen LogP contribution in [0.4, 0.5) is 5.82 Å². The SMILES string of the molecule is CNC(=N)c1ccc(-c2cc(OC)cc(OC)c2)nc1N. The van der Waals surface area contributed by atoms with Crippen molar-refractivity contribution in [3.63, 3.8) is 0 Å². The van der Waals surface area contributed by atoms with Crippen molar-refractivity contribution in [1.82, 2.24) is 10.3 Å². The molecule has 6 nitrogen and oxygen atoms in total. The second-order valence-corrected chi connectivity index (χ2v) is 4.36. The Morgan fingerprint density at radius 3 is 2.24 bits per heavy atom. The first-order valence-corrected chi connectivity index (χ1v) is 6.35. The first-order valence-electron chi connectivity index (χ1n) is 6.35. The molecular weight excluding hydrogens is 268 g/mol. The number of nitrogens with one attached hydrogen (secondary N) is 2. The van der Waals surface area contributed by atoms with E-state index in [0.717, 1.165) is 5.56 Å². The summed E-state index contributed by atoms with van der Waals surface area (Å²) in [5, 5.41) is 10.5. The molecule has 110 valence electrons. The van der Waals surface area contributed by atoms with Crippen molar-refractivity contribution >= 4 is 11.7 Å². The van der Waals surface area contributed by atoms with Gasteiger partial charge < -0.3 is 20.5 Å². The number of nitrogen functional groups attached to an aromatic ring is 1. The summed E-state index contributed by atoms with van der Waals surface area (Å²) in [4.78, 5) is 4.35.